The van der Waals surface area contributed by atoms with E-state index in [1.807, 2.05) is 6.92 Å². The van der Waals surface area contributed by atoms with Crippen LogP contribution in [0.15, 0.2) is 16.7 Å². The number of carbonyl (C=O) groups is 2. The molecule has 2 heterocycles. The number of hydrogen-bond donors (Lipinski definition) is 3. The van der Waals surface area contributed by atoms with Crippen LogP contribution in [-0.4, -0.2) is 43.7 Å². The highest BCUT2D eigenvalue weighted by molar-refractivity contribution is 5.92. The highest BCUT2D eigenvalue weighted by Gasteiger charge is 2.29. The Morgan fingerprint density at radius 1 is 1.32 bits per heavy atom. The van der Waals surface area contributed by atoms with E-state index < -0.39 is 6.10 Å². The van der Waals surface area contributed by atoms with Gasteiger partial charge in [-0.1, -0.05) is 0 Å². The molecule has 7 nitrogen and oxygen atoms in total. The Morgan fingerprint density at radius 2 is 2.09 bits per heavy atom. The smallest absolute Gasteiger partial charge is 0.287 e. The molecule has 1 aromatic heterocycles. The molecule has 22 heavy (non-hydrogen) atoms. The quantitative estimate of drug-likeness (QED) is 0.629. The number of aryl methyl sites for hydroxylation is 1. The first-order valence-electron chi connectivity index (χ1n) is 7.57. The number of nitrogens with one attached hydrogen (secondary N) is 2. The lowest BCUT2D eigenvalue weighted by Crippen LogP contribution is -2.37. The number of nitrogens with two attached hydrogens (primary N) is 1. The van der Waals surface area contributed by atoms with Crippen molar-refractivity contribution in [2.75, 3.05) is 19.6 Å². The summed E-state index contributed by atoms with van der Waals surface area (Å²) in [5.74, 6) is -0.0147. The Morgan fingerprint density at radius 3 is 2.73 bits per heavy atom. The zero-order valence-corrected chi connectivity index (χ0v) is 12.8. The van der Waals surface area contributed by atoms with Gasteiger partial charge in [-0.3, -0.25) is 9.59 Å². The van der Waals surface area contributed by atoms with Gasteiger partial charge < -0.3 is 25.5 Å². The second kappa shape index (κ2) is 7.95. The van der Waals surface area contributed by atoms with Crippen molar-refractivity contribution in [1.82, 2.24) is 10.6 Å². The molecular weight excluding hydrogens is 286 g/mol. The predicted octanol–water partition coefficient (Wildman–Crippen LogP) is 0.330. The highest BCUT2D eigenvalue weighted by Crippen LogP contribution is 2.18. The number of rotatable bonds is 7. The minimum Gasteiger partial charge on any atom is -0.459 e. The second-order valence-electron chi connectivity index (χ2n) is 5.39. The number of hydrogen-bond acceptors (Lipinski definition) is 5. The average molecular weight is 309 g/mol. The molecule has 1 aromatic rings. The normalized spacial score (nSPS) is 20.8. The van der Waals surface area contributed by atoms with Crippen molar-refractivity contribution in [3.63, 3.8) is 0 Å². The molecule has 0 radical (unpaired) electrons. The van der Waals surface area contributed by atoms with Crippen LogP contribution in [0, 0.1) is 6.92 Å². The second-order valence-corrected chi connectivity index (χ2v) is 5.39. The van der Waals surface area contributed by atoms with Crippen LogP contribution >= 0.6 is 0 Å². The predicted molar refractivity (Wildman–Crippen MR) is 80.4 cm³/mol. The third kappa shape index (κ3) is 4.32. The van der Waals surface area contributed by atoms with Crippen LogP contribution in [0.3, 0.4) is 0 Å². The van der Waals surface area contributed by atoms with Crippen molar-refractivity contribution in [3.8, 4) is 0 Å². The molecule has 0 bridgehead atoms. The first-order valence-corrected chi connectivity index (χ1v) is 7.57. The first kappa shape index (κ1) is 16.5. The number of amides is 2. The van der Waals surface area contributed by atoms with Crippen LogP contribution in [0.25, 0.3) is 0 Å². The van der Waals surface area contributed by atoms with Crippen LogP contribution < -0.4 is 16.4 Å². The van der Waals surface area contributed by atoms with Crippen LogP contribution in [0.5, 0.6) is 0 Å². The van der Waals surface area contributed by atoms with Gasteiger partial charge in [0.25, 0.3) is 5.91 Å². The van der Waals surface area contributed by atoms with Crippen molar-refractivity contribution in [1.29, 1.82) is 0 Å². The van der Waals surface area contributed by atoms with E-state index in [4.69, 9.17) is 14.9 Å². The van der Waals surface area contributed by atoms with E-state index in [-0.39, 0.29) is 17.9 Å². The summed E-state index contributed by atoms with van der Waals surface area (Å²) in [7, 11) is 0. The molecule has 2 atom stereocenters. The van der Waals surface area contributed by atoms with Gasteiger partial charge in [0.1, 0.15) is 6.10 Å². The Kier molecular flexibility index (Phi) is 5.97. The van der Waals surface area contributed by atoms with Gasteiger partial charge in [-0.2, -0.15) is 0 Å². The topological polar surface area (TPSA) is 107 Å². The van der Waals surface area contributed by atoms with Crippen LogP contribution in [0.1, 0.15) is 35.4 Å². The summed E-state index contributed by atoms with van der Waals surface area (Å²) in [5.41, 5.74) is 6.31. The van der Waals surface area contributed by atoms with E-state index >= 15 is 0 Å². The standard InChI is InChI=1S/C15H23N3O4/c1-10-5-8-21-13(10)15(20)18-7-2-6-17-14(19)12-4-3-11(9-16)22-12/h5,8,11-12H,2-4,6-7,9,16H2,1H3,(H,17,19)(H,18,20)/t11-,12+/m1/s1. The summed E-state index contributed by atoms with van der Waals surface area (Å²) in [6.07, 6.45) is 3.26. The molecule has 0 saturated carbocycles. The van der Waals surface area contributed by atoms with Gasteiger partial charge in [0, 0.05) is 25.2 Å². The maximum absolute atomic E-state index is 11.9. The lowest BCUT2D eigenvalue weighted by Gasteiger charge is -2.12. The van der Waals surface area contributed by atoms with Crippen molar-refractivity contribution in [3.05, 3.63) is 23.7 Å². The largest absolute Gasteiger partial charge is 0.459 e. The third-order valence-electron chi connectivity index (χ3n) is 3.67. The fourth-order valence-electron chi connectivity index (χ4n) is 2.37. The van der Waals surface area contributed by atoms with Crippen molar-refractivity contribution in [2.45, 2.75) is 38.4 Å². The number of ether oxygens (including phenoxy) is 1. The summed E-state index contributed by atoms with van der Waals surface area (Å²) >= 11 is 0. The van der Waals surface area contributed by atoms with E-state index in [0.29, 0.717) is 38.2 Å². The maximum atomic E-state index is 11.9. The summed E-state index contributed by atoms with van der Waals surface area (Å²) in [5, 5.41) is 5.56. The van der Waals surface area contributed by atoms with Crippen molar-refractivity contribution >= 4 is 11.8 Å². The van der Waals surface area contributed by atoms with Gasteiger partial charge in [-0.15, -0.1) is 0 Å². The Balaban J connectivity index is 1.59. The van der Waals surface area contributed by atoms with Gasteiger partial charge >= 0.3 is 0 Å². The molecule has 122 valence electrons. The molecule has 2 rings (SSSR count). The zero-order valence-electron chi connectivity index (χ0n) is 12.8. The monoisotopic (exact) mass is 309 g/mol. The fraction of sp³-hybridized carbons (Fsp3) is 0.600. The minimum atomic E-state index is -0.395. The molecule has 2 amide bonds. The molecule has 1 fully saturated rings. The van der Waals surface area contributed by atoms with Gasteiger partial charge in [-0.25, -0.2) is 0 Å². The fourth-order valence-corrected chi connectivity index (χ4v) is 2.37. The Labute approximate surface area is 129 Å². The van der Waals surface area contributed by atoms with Gasteiger partial charge in [-0.05, 0) is 32.3 Å². The SMILES string of the molecule is Cc1ccoc1C(=O)NCCCNC(=O)[C@@H]1CC[C@H](CN)O1. The summed E-state index contributed by atoms with van der Waals surface area (Å²) < 4.78 is 10.6. The molecule has 1 aliphatic rings. The Hall–Kier alpha value is -1.86. The molecule has 1 aliphatic heterocycles. The van der Waals surface area contributed by atoms with E-state index in [0.717, 1.165) is 12.0 Å². The summed E-state index contributed by atoms with van der Waals surface area (Å²) in [4.78, 5) is 23.6. The Bertz CT molecular complexity index is 515. The molecule has 0 aromatic carbocycles. The molecule has 1 saturated heterocycles. The van der Waals surface area contributed by atoms with E-state index in [1.54, 1.807) is 6.07 Å². The third-order valence-corrected chi connectivity index (χ3v) is 3.67. The van der Waals surface area contributed by atoms with Crippen molar-refractivity contribution in [2.24, 2.45) is 5.73 Å². The average Bonchev–Trinajstić information content (AvgIpc) is 3.15. The number of furan rings is 1. The molecule has 0 spiro atoms. The lowest BCUT2D eigenvalue weighted by molar-refractivity contribution is -0.131. The first-order chi connectivity index (χ1) is 10.6. The number of carbonyl (C=O) groups excluding carboxylic acids is 2. The molecule has 0 unspecified atom stereocenters. The zero-order chi connectivity index (χ0) is 15.9. The molecular formula is C15H23N3O4. The van der Waals surface area contributed by atoms with Crippen LogP contribution in [0.2, 0.25) is 0 Å². The van der Waals surface area contributed by atoms with Gasteiger partial charge in [0.05, 0.1) is 12.4 Å². The highest BCUT2D eigenvalue weighted by atomic mass is 16.5. The van der Waals surface area contributed by atoms with Crippen molar-refractivity contribution < 1.29 is 18.7 Å². The maximum Gasteiger partial charge on any atom is 0.287 e. The van der Waals surface area contributed by atoms with Crippen LogP contribution in [-0.2, 0) is 9.53 Å². The summed E-state index contributed by atoms with van der Waals surface area (Å²) in [6, 6.07) is 1.74. The van der Waals surface area contributed by atoms with E-state index in [1.165, 1.54) is 6.26 Å². The molecule has 4 N–H and O–H groups in total. The van der Waals surface area contributed by atoms with Gasteiger partial charge in [0.2, 0.25) is 5.91 Å². The van der Waals surface area contributed by atoms with E-state index in [9.17, 15) is 9.59 Å². The summed E-state index contributed by atoms with van der Waals surface area (Å²) in [6.45, 7) is 3.22. The lowest BCUT2D eigenvalue weighted by atomic mass is 10.2. The molecule has 7 heteroatoms. The minimum absolute atomic E-state index is 0.00780. The van der Waals surface area contributed by atoms with E-state index in [2.05, 4.69) is 10.6 Å². The molecule has 0 aliphatic carbocycles. The van der Waals surface area contributed by atoms with Gasteiger partial charge in [0.15, 0.2) is 5.76 Å². The van der Waals surface area contributed by atoms with Crippen LogP contribution in [0.4, 0.5) is 0 Å².